The van der Waals surface area contributed by atoms with Crippen molar-refractivity contribution in [3.63, 3.8) is 0 Å². The molecule has 10 nitrogen and oxygen atoms in total. The van der Waals surface area contributed by atoms with Crippen LogP contribution in [-0.2, 0) is 17.7 Å². The lowest BCUT2D eigenvalue weighted by atomic mass is 9.87. The summed E-state index contributed by atoms with van der Waals surface area (Å²) in [6.45, 7) is 7.34. The molecule has 3 aliphatic rings. The topological polar surface area (TPSA) is 105 Å². The molecule has 1 atom stereocenters. The van der Waals surface area contributed by atoms with Gasteiger partial charge in [0.1, 0.15) is 5.65 Å². The van der Waals surface area contributed by atoms with Crippen molar-refractivity contribution in [2.24, 2.45) is 0 Å². The van der Waals surface area contributed by atoms with Crippen LogP contribution in [0.3, 0.4) is 0 Å². The first kappa shape index (κ1) is 24.7. The maximum Gasteiger partial charge on any atom is 0.407 e. The van der Waals surface area contributed by atoms with Crippen LogP contribution in [0.1, 0.15) is 28.3 Å². The number of amides is 3. The van der Waals surface area contributed by atoms with Crippen molar-refractivity contribution in [3.8, 4) is 11.1 Å². The number of urea groups is 1. The SMILES string of the molecule is Cc1c[nH]c2ncc(-c3cc4c(c(C5COCCN5C(=O)O)c3)CN(C(=O)N3CCN(C)CC3)CC4)cc12. The minimum absolute atomic E-state index is 0.0614. The molecule has 0 aliphatic carbocycles. The smallest absolute Gasteiger partial charge is 0.407 e. The fraction of sp³-hybridized carbons (Fsp3) is 0.464. The van der Waals surface area contributed by atoms with Crippen molar-refractivity contribution < 1.29 is 19.4 Å². The molecule has 1 unspecified atom stereocenters. The van der Waals surface area contributed by atoms with E-state index in [-0.39, 0.29) is 6.03 Å². The Morgan fingerprint density at radius 2 is 1.87 bits per heavy atom. The van der Waals surface area contributed by atoms with Gasteiger partial charge in [0.2, 0.25) is 0 Å². The molecule has 3 amide bonds. The number of nitrogens with one attached hydrogen (secondary N) is 1. The van der Waals surface area contributed by atoms with Crippen LogP contribution in [0.15, 0.2) is 30.6 Å². The second-order valence-corrected chi connectivity index (χ2v) is 10.6. The predicted molar refractivity (Wildman–Crippen MR) is 143 cm³/mol. The summed E-state index contributed by atoms with van der Waals surface area (Å²) in [6, 6.07) is 6.04. The fourth-order valence-corrected chi connectivity index (χ4v) is 5.91. The number of H-pyrrole nitrogens is 1. The molecule has 38 heavy (non-hydrogen) atoms. The number of piperazine rings is 1. The summed E-state index contributed by atoms with van der Waals surface area (Å²) < 4.78 is 5.78. The molecule has 5 heterocycles. The van der Waals surface area contributed by atoms with E-state index in [1.54, 1.807) is 0 Å². The van der Waals surface area contributed by atoms with Gasteiger partial charge in [0.05, 0.1) is 19.3 Å². The predicted octanol–water partition coefficient (Wildman–Crippen LogP) is 3.32. The van der Waals surface area contributed by atoms with Gasteiger partial charge in [-0.05, 0) is 60.3 Å². The van der Waals surface area contributed by atoms with Gasteiger partial charge in [0, 0.05) is 69.2 Å². The number of aryl methyl sites for hydroxylation is 1. The van der Waals surface area contributed by atoms with Gasteiger partial charge >= 0.3 is 12.1 Å². The van der Waals surface area contributed by atoms with Crippen LogP contribution >= 0.6 is 0 Å². The fourth-order valence-electron chi connectivity index (χ4n) is 5.91. The number of aromatic nitrogens is 2. The van der Waals surface area contributed by atoms with Gasteiger partial charge in [0.25, 0.3) is 0 Å². The summed E-state index contributed by atoms with van der Waals surface area (Å²) in [6.07, 6.45) is 3.58. The molecule has 3 aliphatic heterocycles. The highest BCUT2D eigenvalue weighted by molar-refractivity contribution is 5.85. The number of ether oxygens (including phenoxy) is 1. The van der Waals surface area contributed by atoms with Gasteiger partial charge < -0.3 is 29.5 Å². The second-order valence-electron chi connectivity index (χ2n) is 10.6. The summed E-state index contributed by atoms with van der Waals surface area (Å²) in [5.41, 5.74) is 7.07. The Kier molecular flexibility index (Phi) is 6.45. The van der Waals surface area contributed by atoms with Gasteiger partial charge in [-0.25, -0.2) is 14.6 Å². The van der Waals surface area contributed by atoms with Crippen LogP contribution < -0.4 is 0 Å². The number of hydrogen-bond donors (Lipinski definition) is 2. The van der Waals surface area contributed by atoms with Crippen LogP contribution in [0.5, 0.6) is 0 Å². The van der Waals surface area contributed by atoms with E-state index in [1.807, 2.05) is 22.2 Å². The average Bonchev–Trinajstić information content (AvgIpc) is 3.32. The van der Waals surface area contributed by atoms with E-state index in [2.05, 4.69) is 47.0 Å². The Morgan fingerprint density at radius 1 is 1.05 bits per heavy atom. The van der Waals surface area contributed by atoms with Crippen molar-refractivity contribution in [2.75, 3.05) is 59.5 Å². The zero-order chi connectivity index (χ0) is 26.4. The van der Waals surface area contributed by atoms with Crippen LogP contribution in [0, 0.1) is 6.92 Å². The number of pyridine rings is 1. The lowest BCUT2D eigenvalue weighted by Crippen LogP contribution is -2.53. The zero-order valence-corrected chi connectivity index (χ0v) is 21.9. The number of carboxylic acid groups (broad SMARTS) is 1. The first-order valence-corrected chi connectivity index (χ1v) is 13.3. The normalized spacial score (nSPS) is 20.6. The first-order chi connectivity index (χ1) is 18.4. The number of aromatic amines is 1. The number of fused-ring (bicyclic) bond motifs is 2. The van der Waals surface area contributed by atoms with Gasteiger partial charge in [0.15, 0.2) is 0 Å². The van der Waals surface area contributed by atoms with E-state index in [4.69, 9.17) is 4.74 Å². The molecule has 0 spiro atoms. The highest BCUT2D eigenvalue weighted by atomic mass is 16.5. The molecule has 2 saturated heterocycles. The summed E-state index contributed by atoms with van der Waals surface area (Å²) >= 11 is 0. The third kappa shape index (κ3) is 4.48. The molecule has 2 fully saturated rings. The number of benzene rings is 1. The zero-order valence-electron chi connectivity index (χ0n) is 21.9. The van der Waals surface area contributed by atoms with E-state index in [0.717, 1.165) is 77.0 Å². The Balaban J connectivity index is 1.40. The first-order valence-electron chi connectivity index (χ1n) is 13.3. The molecular formula is C28H34N6O4. The largest absolute Gasteiger partial charge is 0.465 e. The molecule has 1 aromatic carbocycles. The Hall–Kier alpha value is -3.63. The summed E-state index contributed by atoms with van der Waals surface area (Å²) in [7, 11) is 2.08. The number of likely N-dealkylation sites (N-methyl/N-ethyl adjacent to an activating group) is 1. The third-order valence-electron chi connectivity index (χ3n) is 8.23. The quantitative estimate of drug-likeness (QED) is 0.539. The molecule has 2 aromatic heterocycles. The summed E-state index contributed by atoms with van der Waals surface area (Å²) in [5.74, 6) is 0. The molecule has 3 aromatic rings. The van der Waals surface area contributed by atoms with Crippen molar-refractivity contribution >= 4 is 23.2 Å². The Labute approximate surface area is 221 Å². The van der Waals surface area contributed by atoms with Crippen molar-refractivity contribution in [3.05, 3.63) is 52.8 Å². The van der Waals surface area contributed by atoms with E-state index < -0.39 is 12.1 Å². The number of nitrogens with zero attached hydrogens (tertiary/aromatic N) is 5. The van der Waals surface area contributed by atoms with E-state index in [1.165, 1.54) is 4.90 Å². The molecule has 10 heteroatoms. The number of hydrogen-bond acceptors (Lipinski definition) is 5. The number of rotatable bonds is 2. The van der Waals surface area contributed by atoms with Crippen molar-refractivity contribution in [2.45, 2.75) is 25.9 Å². The lowest BCUT2D eigenvalue weighted by Gasteiger charge is -2.40. The van der Waals surface area contributed by atoms with E-state index in [9.17, 15) is 14.7 Å². The number of morpholine rings is 1. The molecule has 200 valence electrons. The maximum atomic E-state index is 13.4. The van der Waals surface area contributed by atoms with Crippen LogP contribution in [-0.4, -0.2) is 106 Å². The van der Waals surface area contributed by atoms with Crippen LogP contribution in [0.25, 0.3) is 22.2 Å². The molecular weight excluding hydrogens is 484 g/mol. The highest BCUT2D eigenvalue weighted by Crippen LogP contribution is 2.37. The third-order valence-corrected chi connectivity index (χ3v) is 8.23. The van der Waals surface area contributed by atoms with Gasteiger partial charge in [-0.15, -0.1) is 0 Å². The second kappa shape index (κ2) is 9.92. The Morgan fingerprint density at radius 3 is 2.66 bits per heavy atom. The van der Waals surface area contributed by atoms with Gasteiger partial charge in [-0.1, -0.05) is 6.07 Å². The average molecular weight is 519 g/mol. The minimum atomic E-state index is -0.954. The molecule has 6 rings (SSSR count). The molecule has 0 saturated carbocycles. The summed E-state index contributed by atoms with van der Waals surface area (Å²) in [5, 5.41) is 11.1. The number of carbonyl (C=O) groups is 2. The standard InChI is InChI=1S/C28H34N6O4/c1-18-14-29-26-22(18)13-21(15-30-26)20-11-19-3-4-33(27(35)32-7-5-31(2)6-8-32)16-24(19)23(12-20)25-17-38-10-9-34(25)28(36)37/h11-15,25H,3-10,16-17H2,1-2H3,(H,29,30)(H,36,37). The monoisotopic (exact) mass is 518 g/mol. The van der Waals surface area contributed by atoms with E-state index in [0.29, 0.717) is 32.8 Å². The number of carbonyl (C=O) groups excluding carboxylic acids is 1. The van der Waals surface area contributed by atoms with Crippen LogP contribution in [0.2, 0.25) is 0 Å². The van der Waals surface area contributed by atoms with Crippen molar-refractivity contribution in [1.29, 1.82) is 0 Å². The lowest BCUT2D eigenvalue weighted by molar-refractivity contribution is -0.00143. The Bertz CT molecular complexity index is 1380. The maximum absolute atomic E-state index is 13.4. The van der Waals surface area contributed by atoms with Gasteiger partial charge in [-0.2, -0.15) is 0 Å². The van der Waals surface area contributed by atoms with E-state index >= 15 is 0 Å². The minimum Gasteiger partial charge on any atom is -0.465 e. The van der Waals surface area contributed by atoms with Crippen LogP contribution in [0.4, 0.5) is 9.59 Å². The highest BCUT2D eigenvalue weighted by Gasteiger charge is 2.34. The molecule has 0 radical (unpaired) electrons. The van der Waals surface area contributed by atoms with Crippen molar-refractivity contribution in [1.82, 2.24) is 29.6 Å². The van der Waals surface area contributed by atoms with Gasteiger partial charge in [-0.3, -0.25) is 4.90 Å². The summed E-state index contributed by atoms with van der Waals surface area (Å²) in [4.78, 5) is 41.0. The molecule has 2 N–H and O–H groups in total. The molecule has 0 bridgehead atoms.